The van der Waals surface area contributed by atoms with E-state index in [2.05, 4.69) is 17.5 Å². The smallest absolute Gasteiger partial charge is 0.223 e. The number of amides is 1. The molecule has 92 valence electrons. The van der Waals surface area contributed by atoms with E-state index in [1.54, 1.807) is 0 Å². The van der Waals surface area contributed by atoms with E-state index in [0.717, 1.165) is 38.8 Å². The van der Waals surface area contributed by atoms with Crippen molar-refractivity contribution in [1.29, 1.82) is 0 Å². The Bertz CT molecular complexity index is 236. The molecule has 0 aliphatic heterocycles. The van der Waals surface area contributed by atoms with Crippen LogP contribution in [-0.4, -0.2) is 25.2 Å². The summed E-state index contributed by atoms with van der Waals surface area (Å²) in [6.45, 7) is 5.49. The van der Waals surface area contributed by atoms with E-state index in [9.17, 15) is 4.79 Å². The van der Waals surface area contributed by atoms with Crippen LogP contribution in [-0.2, 0) is 9.53 Å². The van der Waals surface area contributed by atoms with Crippen LogP contribution < -0.4 is 5.32 Å². The SMILES string of the molecule is CC(C)OCCCNC(=O)[C@@H]1CC=CCC1. The number of nitrogens with one attached hydrogen (secondary N) is 1. The second-order valence-electron chi connectivity index (χ2n) is 4.55. The van der Waals surface area contributed by atoms with Crippen molar-refractivity contribution >= 4 is 5.91 Å². The molecule has 1 aliphatic carbocycles. The summed E-state index contributed by atoms with van der Waals surface area (Å²) in [6, 6.07) is 0. The predicted octanol–water partition coefficient (Wildman–Crippen LogP) is 2.27. The molecule has 0 aromatic carbocycles. The predicted molar refractivity (Wildman–Crippen MR) is 65.2 cm³/mol. The fourth-order valence-corrected chi connectivity index (χ4v) is 1.78. The highest BCUT2D eigenvalue weighted by Gasteiger charge is 2.17. The molecule has 16 heavy (non-hydrogen) atoms. The summed E-state index contributed by atoms with van der Waals surface area (Å²) in [5.74, 6) is 0.393. The Labute approximate surface area is 98.2 Å². The zero-order valence-electron chi connectivity index (χ0n) is 10.4. The fraction of sp³-hybridized carbons (Fsp3) is 0.769. The molecule has 1 rings (SSSR count). The molecule has 1 N–H and O–H groups in total. The van der Waals surface area contributed by atoms with Gasteiger partial charge in [0.1, 0.15) is 0 Å². The van der Waals surface area contributed by atoms with E-state index in [0.29, 0.717) is 0 Å². The van der Waals surface area contributed by atoms with Crippen LogP contribution in [0.15, 0.2) is 12.2 Å². The van der Waals surface area contributed by atoms with E-state index in [1.807, 2.05) is 13.8 Å². The molecule has 0 fully saturated rings. The van der Waals surface area contributed by atoms with E-state index in [1.165, 1.54) is 0 Å². The maximum atomic E-state index is 11.7. The van der Waals surface area contributed by atoms with Gasteiger partial charge >= 0.3 is 0 Å². The third-order valence-electron chi connectivity index (χ3n) is 2.71. The van der Waals surface area contributed by atoms with Gasteiger partial charge in [-0.15, -0.1) is 0 Å². The summed E-state index contributed by atoms with van der Waals surface area (Å²) in [5, 5.41) is 2.97. The summed E-state index contributed by atoms with van der Waals surface area (Å²) in [4.78, 5) is 11.7. The van der Waals surface area contributed by atoms with Crippen molar-refractivity contribution in [3.63, 3.8) is 0 Å². The number of ether oxygens (including phenoxy) is 1. The molecule has 3 heteroatoms. The first kappa shape index (κ1) is 13.2. The zero-order chi connectivity index (χ0) is 11.8. The van der Waals surface area contributed by atoms with Crippen molar-refractivity contribution in [3.05, 3.63) is 12.2 Å². The molecule has 0 bridgehead atoms. The van der Waals surface area contributed by atoms with Crippen LogP contribution in [0.4, 0.5) is 0 Å². The number of hydrogen-bond acceptors (Lipinski definition) is 2. The first-order chi connectivity index (χ1) is 7.70. The van der Waals surface area contributed by atoms with Gasteiger partial charge in [0, 0.05) is 19.1 Å². The molecule has 0 saturated heterocycles. The van der Waals surface area contributed by atoms with Gasteiger partial charge < -0.3 is 10.1 Å². The van der Waals surface area contributed by atoms with Gasteiger partial charge in [-0.3, -0.25) is 4.79 Å². The van der Waals surface area contributed by atoms with E-state index in [4.69, 9.17) is 4.74 Å². The third kappa shape index (κ3) is 5.31. The third-order valence-corrected chi connectivity index (χ3v) is 2.71. The lowest BCUT2D eigenvalue weighted by Crippen LogP contribution is -2.32. The zero-order valence-corrected chi connectivity index (χ0v) is 10.4. The molecule has 0 spiro atoms. The Morgan fingerprint density at radius 3 is 2.94 bits per heavy atom. The minimum absolute atomic E-state index is 0.191. The first-order valence-electron chi connectivity index (χ1n) is 6.24. The lowest BCUT2D eigenvalue weighted by Gasteiger charge is -2.17. The Balaban J connectivity index is 2.04. The molecule has 3 nitrogen and oxygen atoms in total. The average molecular weight is 225 g/mol. The largest absolute Gasteiger partial charge is 0.379 e. The van der Waals surface area contributed by atoms with Crippen molar-refractivity contribution in [2.24, 2.45) is 5.92 Å². The van der Waals surface area contributed by atoms with Gasteiger partial charge in [0.15, 0.2) is 0 Å². The van der Waals surface area contributed by atoms with Gasteiger partial charge in [0.2, 0.25) is 5.91 Å². The van der Waals surface area contributed by atoms with E-state index < -0.39 is 0 Å². The molecule has 0 heterocycles. The number of rotatable bonds is 6. The lowest BCUT2D eigenvalue weighted by molar-refractivity contribution is -0.125. The Kier molecular flexibility index (Phi) is 6.16. The standard InChI is InChI=1S/C13H23NO2/c1-11(2)16-10-6-9-14-13(15)12-7-4-3-5-8-12/h3-4,11-12H,5-10H2,1-2H3,(H,14,15)/t12-/m1/s1. The molecule has 0 aromatic heterocycles. The summed E-state index contributed by atoms with van der Waals surface area (Å²) < 4.78 is 5.41. The normalized spacial score (nSPS) is 20.1. The highest BCUT2D eigenvalue weighted by molar-refractivity contribution is 5.78. The van der Waals surface area contributed by atoms with Crippen molar-refractivity contribution in [2.75, 3.05) is 13.2 Å². The summed E-state index contributed by atoms with van der Waals surface area (Å²) in [7, 11) is 0. The van der Waals surface area contributed by atoms with Crippen LogP contribution in [0.3, 0.4) is 0 Å². The molecule has 0 aromatic rings. The van der Waals surface area contributed by atoms with Gasteiger partial charge in [-0.2, -0.15) is 0 Å². The van der Waals surface area contributed by atoms with Gasteiger partial charge in [-0.25, -0.2) is 0 Å². The molecular weight excluding hydrogens is 202 g/mol. The van der Waals surface area contributed by atoms with Crippen molar-refractivity contribution in [3.8, 4) is 0 Å². The summed E-state index contributed by atoms with van der Waals surface area (Å²) >= 11 is 0. The Morgan fingerprint density at radius 1 is 1.50 bits per heavy atom. The molecule has 1 atom stereocenters. The second kappa shape index (κ2) is 7.44. The average Bonchev–Trinajstić information content (AvgIpc) is 2.29. The lowest BCUT2D eigenvalue weighted by atomic mass is 9.94. The minimum atomic E-state index is 0.191. The second-order valence-corrected chi connectivity index (χ2v) is 4.55. The van der Waals surface area contributed by atoms with Crippen LogP contribution in [0.1, 0.15) is 39.5 Å². The maximum absolute atomic E-state index is 11.7. The molecule has 0 unspecified atom stereocenters. The quantitative estimate of drug-likeness (QED) is 0.556. The van der Waals surface area contributed by atoms with Gasteiger partial charge in [-0.05, 0) is 39.5 Å². The highest BCUT2D eigenvalue weighted by atomic mass is 16.5. The van der Waals surface area contributed by atoms with Crippen LogP contribution in [0.2, 0.25) is 0 Å². The summed E-state index contributed by atoms with van der Waals surface area (Å²) in [6.07, 6.45) is 8.36. The summed E-state index contributed by atoms with van der Waals surface area (Å²) in [5.41, 5.74) is 0. The minimum Gasteiger partial charge on any atom is -0.379 e. The maximum Gasteiger partial charge on any atom is 0.223 e. The van der Waals surface area contributed by atoms with Gasteiger partial charge in [0.25, 0.3) is 0 Å². The molecule has 1 amide bonds. The van der Waals surface area contributed by atoms with Crippen LogP contribution in [0.25, 0.3) is 0 Å². The Hall–Kier alpha value is -0.830. The molecule has 0 radical (unpaired) electrons. The van der Waals surface area contributed by atoms with Crippen LogP contribution >= 0.6 is 0 Å². The van der Waals surface area contributed by atoms with Crippen molar-refractivity contribution in [2.45, 2.75) is 45.6 Å². The monoisotopic (exact) mass is 225 g/mol. The topological polar surface area (TPSA) is 38.3 Å². The van der Waals surface area contributed by atoms with E-state index in [-0.39, 0.29) is 17.9 Å². The highest BCUT2D eigenvalue weighted by Crippen LogP contribution is 2.17. The number of carbonyl (C=O) groups excluding carboxylic acids is 1. The number of hydrogen-bond donors (Lipinski definition) is 1. The van der Waals surface area contributed by atoms with Crippen molar-refractivity contribution < 1.29 is 9.53 Å². The molecule has 0 saturated carbocycles. The van der Waals surface area contributed by atoms with Crippen molar-refractivity contribution in [1.82, 2.24) is 5.32 Å². The van der Waals surface area contributed by atoms with Crippen LogP contribution in [0.5, 0.6) is 0 Å². The number of allylic oxidation sites excluding steroid dienone is 2. The number of carbonyl (C=O) groups is 1. The first-order valence-corrected chi connectivity index (χ1v) is 6.24. The van der Waals surface area contributed by atoms with Crippen LogP contribution in [0, 0.1) is 5.92 Å². The van der Waals surface area contributed by atoms with Gasteiger partial charge in [0.05, 0.1) is 6.10 Å². The molecular formula is C13H23NO2. The van der Waals surface area contributed by atoms with Gasteiger partial charge in [-0.1, -0.05) is 12.2 Å². The van der Waals surface area contributed by atoms with E-state index >= 15 is 0 Å². The Morgan fingerprint density at radius 2 is 2.31 bits per heavy atom. The molecule has 1 aliphatic rings. The fourth-order valence-electron chi connectivity index (χ4n) is 1.78.